The van der Waals surface area contributed by atoms with E-state index in [0.717, 1.165) is 29.5 Å². The Balaban J connectivity index is 1.56. The van der Waals surface area contributed by atoms with E-state index < -0.39 is 5.92 Å². The Bertz CT molecular complexity index is 796. The third-order valence-electron chi connectivity index (χ3n) is 6.13. The van der Waals surface area contributed by atoms with E-state index in [0.29, 0.717) is 37.0 Å². The molecule has 2 fully saturated rings. The van der Waals surface area contributed by atoms with Gasteiger partial charge < -0.3 is 10.2 Å². The number of carbonyl (C=O) groups excluding carboxylic acids is 2. The number of benzene rings is 1. The van der Waals surface area contributed by atoms with Gasteiger partial charge in [-0.2, -0.15) is 0 Å². The Morgan fingerprint density at radius 3 is 2.76 bits per heavy atom. The number of carbonyl (C=O) groups is 2. The van der Waals surface area contributed by atoms with Gasteiger partial charge in [-0.25, -0.2) is 0 Å². The summed E-state index contributed by atoms with van der Waals surface area (Å²) in [6.07, 6.45) is 10.8. The Kier molecular flexibility index (Phi) is 7.54. The van der Waals surface area contributed by atoms with Gasteiger partial charge in [-0.15, -0.1) is 0 Å². The molecule has 1 heterocycles. The van der Waals surface area contributed by atoms with Crippen molar-refractivity contribution < 1.29 is 9.59 Å². The second-order valence-electron chi connectivity index (χ2n) is 8.09. The lowest BCUT2D eigenvalue weighted by atomic mass is 9.94. The smallest absolute Gasteiger partial charge is 0.235 e. The molecule has 1 aliphatic carbocycles. The second-order valence-corrected chi connectivity index (χ2v) is 8.53. The second kappa shape index (κ2) is 10.1. The molecule has 2 aliphatic rings. The zero-order valence-electron chi connectivity index (χ0n) is 17.3. The molecule has 2 amide bonds. The first kappa shape index (κ1) is 21.6. The van der Waals surface area contributed by atoms with Crippen LogP contribution in [0.3, 0.4) is 0 Å². The SMILES string of the molecule is C=C/C=C(/CCNC(=O)C1CCN(C2CCCCC2)C1=O)c1cc(Cl)ccc1C. The van der Waals surface area contributed by atoms with Gasteiger partial charge in [0.05, 0.1) is 0 Å². The Morgan fingerprint density at radius 1 is 1.28 bits per heavy atom. The van der Waals surface area contributed by atoms with Gasteiger partial charge in [0, 0.05) is 24.2 Å². The van der Waals surface area contributed by atoms with Gasteiger partial charge in [-0.05, 0) is 61.4 Å². The summed E-state index contributed by atoms with van der Waals surface area (Å²) >= 11 is 6.16. The van der Waals surface area contributed by atoms with Crippen molar-refractivity contribution in [3.8, 4) is 0 Å². The molecule has 0 radical (unpaired) electrons. The average Bonchev–Trinajstić information content (AvgIpc) is 3.11. The topological polar surface area (TPSA) is 49.4 Å². The fraction of sp³-hybridized carbons (Fsp3) is 0.500. The van der Waals surface area contributed by atoms with Gasteiger partial charge in [0.15, 0.2) is 0 Å². The molecular formula is C24H31ClN2O2. The van der Waals surface area contributed by atoms with E-state index >= 15 is 0 Å². The minimum atomic E-state index is -0.531. The minimum absolute atomic E-state index is 0.0157. The highest BCUT2D eigenvalue weighted by atomic mass is 35.5. The third-order valence-corrected chi connectivity index (χ3v) is 6.37. The maximum absolute atomic E-state index is 12.8. The Labute approximate surface area is 179 Å². The van der Waals surface area contributed by atoms with Crippen molar-refractivity contribution in [1.29, 1.82) is 0 Å². The predicted octanol–water partition coefficient (Wildman–Crippen LogP) is 4.91. The predicted molar refractivity (Wildman–Crippen MR) is 119 cm³/mol. The van der Waals surface area contributed by atoms with Crippen LogP contribution in [0.1, 0.15) is 56.1 Å². The average molecular weight is 415 g/mol. The van der Waals surface area contributed by atoms with Gasteiger partial charge in [-0.3, -0.25) is 9.59 Å². The molecule has 5 heteroatoms. The number of rotatable bonds is 7. The molecule has 1 aromatic rings. The molecule has 156 valence electrons. The molecule has 1 atom stereocenters. The van der Waals surface area contributed by atoms with Gasteiger partial charge in [0.25, 0.3) is 0 Å². The van der Waals surface area contributed by atoms with Crippen LogP contribution in [-0.4, -0.2) is 35.8 Å². The number of halogens is 1. The summed E-state index contributed by atoms with van der Waals surface area (Å²) in [6.45, 7) is 7.04. The summed E-state index contributed by atoms with van der Waals surface area (Å²) in [5.74, 6) is -0.660. The fourth-order valence-corrected chi connectivity index (χ4v) is 4.71. The number of hydrogen-bond donors (Lipinski definition) is 1. The number of likely N-dealkylation sites (tertiary alicyclic amines) is 1. The van der Waals surface area contributed by atoms with E-state index in [1.54, 1.807) is 6.08 Å². The highest BCUT2D eigenvalue weighted by Gasteiger charge is 2.39. The molecule has 0 bridgehead atoms. The lowest BCUT2D eigenvalue weighted by molar-refractivity contribution is -0.139. The van der Waals surface area contributed by atoms with E-state index in [-0.39, 0.29) is 11.8 Å². The highest BCUT2D eigenvalue weighted by Crippen LogP contribution is 2.29. The number of hydrogen-bond acceptors (Lipinski definition) is 2. The minimum Gasteiger partial charge on any atom is -0.355 e. The molecule has 1 aliphatic heterocycles. The van der Waals surface area contributed by atoms with Crippen molar-refractivity contribution in [2.75, 3.05) is 13.1 Å². The molecule has 4 nitrogen and oxygen atoms in total. The molecule has 1 unspecified atom stereocenters. The van der Waals surface area contributed by atoms with E-state index in [2.05, 4.69) is 11.9 Å². The number of allylic oxidation sites excluding steroid dienone is 2. The summed E-state index contributed by atoms with van der Waals surface area (Å²) in [6, 6.07) is 6.14. The van der Waals surface area contributed by atoms with Crippen LogP contribution in [0.5, 0.6) is 0 Å². The van der Waals surface area contributed by atoms with E-state index in [1.165, 1.54) is 19.3 Å². The zero-order chi connectivity index (χ0) is 20.8. The summed E-state index contributed by atoms with van der Waals surface area (Å²) in [7, 11) is 0. The largest absolute Gasteiger partial charge is 0.355 e. The van der Waals surface area contributed by atoms with Crippen LogP contribution in [-0.2, 0) is 9.59 Å². The first-order valence-electron chi connectivity index (χ1n) is 10.7. The molecule has 1 N–H and O–H groups in total. The van der Waals surface area contributed by atoms with Crippen LogP contribution >= 0.6 is 11.6 Å². The van der Waals surface area contributed by atoms with Crippen LogP contribution in [0.15, 0.2) is 36.9 Å². The van der Waals surface area contributed by atoms with Crippen molar-refractivity contribution in [2.24, 2.45) is 5.92 Å². The Hall–Kier alpha value is -2.07. The van der Waals surface area contributed by atoms with Gasteiger partial charge >= 0.3 is 0 Å². The van der Waals surface area contributed by atoms with Crippen LogP contribution < -0.4 is 5.32 Å². The number of amides is 2. The summed E-state index contributed by atoms with van der Waals surface area (Å²) < 4.78 is 0. The van der Waals surface area contributed by atoms with E-state index in [9.17, 15) is 9.59 Å². The quantitative estimate of drug-likeness (QED) is 0.509. The zero-order valence-corrected chi connectivity index (χ0v) is 18.0. The lowest BCUT2D eigenvalue weighted by Crippen LogP contribution is -2.42. The normalized spacial score (nSPS) is 20.8. The standard InChI is InChI=1S/C24H31ClN2O2/c1-3-7-18(22-16-19(25)11-10-17(22)2)12-14-26-23(28)21-13-15-27(24(21)29)20-8-5-4-6-9-20/h3,7,10-11,16,20-21H,1,4-6,8-9,12-15H2,2H3,(H,26,28)/b18-7-. The molecular weight excluding hydrogens is 384 g/mol. The van der Waals surface area contributed by atoms with Gasteiger partial charge in [0.1, 0.15) is 5.92 Å². The van der Waals surface area contributed by atoms with Crippen molar-refractivity contribution in [1.82, 2.24) is 10.2 Å². The number of aryl methyl sites for hydroxylation is 1. The maximum Gasteiger partial charge on any atom is 0.235 e. The Morgan fingerprint density at radius 2 is 2.03 bits per heavy atom. The van der Waals surface area contributed by atoms with Crippen molar-refractivity contribution >= 4 is 29.0 Å². The third kappa shape index (κ3) is 5.30. The summed E-state index contributed by atoms with van der Waals surface area (Å²) in [5.41, 5.74) is 3.26. The molecule has 1 aromatic carbocycles. The molecule has 0 spiro atoms. The van der Waals surface area contributed by atoms with Crippen LogP contribution in [0.4, 0.5) is 0 Å². The van der Waals surface area contributed by atoms with Crippen molar-refractivity contribution in [3.05, 3.63) is 53.1 Å². The van der Waals surface area contributed by atoms with Crippen LogP contribution in [0, 0.1) is 12.8 Å². The monoisotopic (exact) mass is 414 g/mol. The van der Waals surface area contributed by atoms with Crippen LogP contribution in [0.2, 0.25) is 5.02 Å². The molecule has 0 aromatic heterocycles. The summed E-state index contributed by atoms with van der Waals surface area (Å²) in [5, 5.41) is 3.66. The summed E-state index contributed by atoms with van der Waals surface area (Å²) in [4.78, 5) is 27.4. The lowest BCUT2D eigenvalue weighted by Gasteiger charge is -2.31. The van der Waals surface area contributed by atoms with Gasteiger partial charge in [0.2, 0.25) is 11.8 Å². The molecule has 29 heavy (non-hydrogen) atoms. The van der Waals surface area contributed by atoms with E-state index in [4.69, 9.17) is 11.6 Å². The first-order chi connectivity index (χ1) is 14.0. The number of nitrogens with one attached hydrogen (secondary N) is 1. The fourth-order valence-electron chi connectivity index (χ4n) is 4.53. The van der Waals surface area contributed by atoms with Crippen LogP contribution in [0.25, 0.3) is 5.57 Å². The van der Waals surface area contributed by atoms with E-state index in [1.807, 2.05) is 36.1 Å². The molecule has 3 rings (SSSR count). The highest BCUT2D eigenvalue weighted by molar-refractivity contribution is 6.30. The van der Waals surface area contributed by atoms with Gasteiger partial charge in [-0.1, -0.05) is 55.7 Å². The first-order valence-corrected chi connectivity index (χ1v) is 11.1. The van der Waals surface area contributed by atoms with Crippen molar-refractivity contribution in [2.45, 2.75) is 57.9 Å². The molecule has 1 saturated carbocycles. The molecule has 1 saturated heterocycles. The number of nitrogens with zero attached hydrogens (tertiary/aromatic N) is 1. The maximum atomic E-state index is 12.8. The van der Waals surface area contributed by atoms with Crippen molar-refractivity contribution in [3.63, 3.8) is 0 Å².